The van der Waals surface area contributed by atoms with E-state index in [1.807, 2.05) is 0 Å². The SMILES string of the molecule is O=C(NCC1CCOCO1)c1ccc(CCC(F)(F)F)cc1. The van der Waals surface area contributed by atoms with Crippen LogP contribution in [0.25, 0.3) is 0 Å². The lowest BCUT2D eigenvalue weighted by Gasteiger charge is -2.22. The smallest absolute Gasteiger partial charge is 0.355 e. The summed E-state index contributed by atoms with van der Waals surface area (Å²) >= 11 is 0. The molecule has 1 amide bonds. The zero-order valence-electron chi connectivity index (χ0n) is 12.0. The van der Waals surface area contributed by atoms with E-state index in [0.29, 0.717) is 24.3 Å². The number of halogens is 3. The molecule has 1 unspecified atom stereocenters. The lowest BCUT2D eigenvalue weighted by Crippen LogP contribution is -2.37. The Kier molecular flexibility index (Phi) is 5.79. The summed E-state index contributed by atoms with van der Waals surface area (Å²) in [6.45, 7) is 1.22. The van der Waals surface area contributed by atoms with Gasteiger partial charge in [0.15, 0.2) is 0 Å². The molecular weight excluding hydrogens is 299 g/mol. The molecule has 1 heterocycles. The summed E-state index contributed by atoms with van der Waals surface area (Å²) in [6.07, 6.45) is -4.46. The molecule has 0 spiro atoms. The first kappa shape index (κ1) is 16.8. The number of carbonyl (C=O) groups excluding carboxylic acids is 1. The Labute approximate surface area is 126 Å². The van der Waals surface area contributed by atoms with Crippen molar-refractivity contribution in [2.45, 2.75) is 31.5 Å². The maximum absolute atomic E-state index is 12.1. The molecule has 0 bridgehead atoms. The quantitative estimate of drug-likeness (QED) is 0.908. The maximum atomic E-state index is 12.1. The second kappa shape index (κ2) is 7.60. The molecule has 1 aliphatic rings. The minimum Gasteiger partial charge on any atom is -0.355 e. The number of alkyl halides is 3. The van der Waals surface area contributed by atoms with Crippen molar-refractivity contribution in [2.75, 3.05) is 19.9 Å². The van der Waals surface area contributed by atoms with Crippen LogP contribution in [0.5, 0.6) is 0 Å². The van der Waals surface area contributed by atoms with Crippen LogP contribution in [0.3, 0.4) is 0 Å². The highest BCUT2D eigenvalue weighted by atomic mass is 19.4. The number of hydrogen-bond donors (Lipinski definition) is 1. The van der Waals surface area contributed by atoms with Gasteiger partial charge in [-0.15, -0.1) is 0 Å². The number of carbonyl (C=O) groups is 1. The van der Waals surface area contributed by atoms with Gasteiger partial charge in [0.05, 0.1) is 12.7 Å². The molecule has 1 aliphatic heterocycles. The van der Waals surface area contributed by atoms with Crippen molar-refractivity contribution in [3.8, 4) is 0 Å². The fourth-order valence-corrected chi connectivity index (χ4v) is 2.08. The highest BCUT2D eigenvalue weighted by Crippen LogP contribution is 2.22. The lowest BCUT2D eigenvalue weighted by molar-refractivity contribution is -0.136. The topological polar surface area (TPSA) is 47.6 Å². The van der Waals surface area contributed by atoms with Gasteiger partial charge in [0.25, 0.3) is 5.91 Å². The second-order valence-corrected chi connectivity index (χ2v) is 5.13. The highest BCUT2D eigenvalue weighted by molar-refractivity contribution is 5.94. The van der Waals surface area contributed by atoms with Crippen LogP contribution in [0.1, 0.15) is 28.8 Å². The lowest BCUT2D eigenvalue weighted by atomic mass is 10.1. The van der Waals surface area contributed by atoms with Crippen molar-refractivity contribution >= 4 is 5.91 Å². The molecule has 4 nitrogen and oxygen atoms in total. The predicted octanol–water partition coefficient (Wildman–Crippen LogP) is 2.67. The van der Waals surface area contributed by atoms with Gasteiger partial charge in [-0.1, -0.05) is 12.1 Å². The van der Waals surface area contributed by atoms with E-state index in [2.05, 4.69) is 5.32 Å². The normalized spacial score (nSPS) is 19.0. The minimum absolute atomic E-state index is 0.0660. The first-order chi connectivity index (χ1) is 10.4. The summed E-state index contributed by atoms with van der Waals surface area (Å²) in [7, 11) is 0. The van der Waals surface area contributed by atoms with E-state index in [9.17, 15) is 18.0 Å². The van der Waals surface area contributed by atoms with Gasteiger partial charge >= 0.3 is 6.18 Å². The molecule has 7 heteroatoms. The van der Waals surface area contributed by atoms with Crippen molar-refractivity contribution in [3.05, 3.63) is 35.4 Å². The van der Waals surface area contributed by atoms with Gasteiger partial charge in [0.2, 0.25) is 0 Å². The molecule has 1 aromatic carbocycles. The van der Waals surface area contributed by atoms with Gasteiger partial charge in [-0.3, -0.25) is 4.79 Å². The Hall–Kier alpha value is -1.60. The van der Waals surface area contributed by atoms with Crippen LogP contribution in [0.2, 0.25) is 0 Å². The van der Waals surface area contributed by atoms with Crippen molar-refractivity contribution in [1.82, 2.24) is 5.32 Å². The van der Waals surface area contributed by atoms with E-state index in [1.165, 1.54) is 12.1 Å². The summed E-state index contributed by atoms with van der Waals surface area (Å²) in [6, 6.07) is 6.16. The first-order valence-corrected chi connectivity index (χ1v) is 7.07. The Balaban J connectivity index is 1.80. The van der Waals surface area contributed by atoms with Gasteiger partial charge in [-0.05, 0) is 30.5 Å². The third kappa shape index (κ3) is 5.65. The number of hydrogen-bond acceptors (Lipinski definition) is 3. The average molecular weight is 317 g/mol. The van der Waals surface area contributed by atoms with Gasteiger partial charge in [0, 0.05) is 18.5 Å². The molecule has 1 atom stereocenters. The van der Waals surface area contributed by atoms with Crippen molar-refractivity contribution in [1.29, 1.82) is 0 Å². The molecule has 0 radical (unpaired) electrons. The molecule has 0 aromatic heterocycles. The van der Waals surface area contributed by atoms with E-state index in [1.54, 1.807) is 12.1 Å². The molecule has 1 saturated heterocycles. The molecule has 0 aliphatic carbocycles. The van der Waals surface area contributed by atoms with E-state index in [-0.39, 0.29) is 25.2 Å². The summed E-state index contributed by atoms with van der Waals surface area (Å²) in [5, 5.41) is 2.74. The second-order valence-electron chi connectivity index (χ2n) is 5.13. The van der Waals surface area contributed by atoms with E-state index < -0.39 is 12.6 Å². The molecule has 122 valence electrons. The number of aryl methyl sites for hydroxylation is 1. The number of amides is 1. The van der Waals surface area contributed by atoms with Gasteiger partial charge in [-0.2, -0.15) is 13.2 Å². The summed E-state index contributed by atoms with van der Waals surface area (Å²) in [5.74, 6) is -0.266. The van der Waals surface area contributed by atoms with Crippen molar-refractivity contribution in [3.63, 3.8) is 0 Å². The highest BCUT2D eigenvalue weighted by Gasteiger charge is 2.26. The summed E-state index contributed by atoms with van der Waals surface area (Å²) in [5.41, 5.74) is 0.976. The Morgan fingerprint density at radius 2 is 2.00 bits per heavy atom. The molecule has 1 N–H and O–H groups in total. The zero-order valence-corrected chi connectivity index (χ0v) is 12.0. The van der Waals surface area contributed by atoms with E-state index >= 15 is 0 Å². The first-order valence-electron chi connectivity index (χ1n) is 7.07. The third-order valence-electron chi connectivity index (χ3n) is 3.37. The molecule has 0 saturated carbocycles. The van der Waals surface area contributed by atoms with Gasteiger partial charge in [-0.25, -0.2) is 0 Å². The van der Waals surface area contributed by atoms with Crippen LogP contribution in [-0.4, -0.2) is 38.1 Å². The van der Waals surface area contributed by atoms with Crippen LogP contribution < -0.4 is 5.32 Å². The standard InChI is InChI=1S/C15H18F3NO3/c16-15(17,18)7-5-11-1-3-12(4-2-11)14(20)19-9-13-6-8-21-10-22-13/h1-4,13H,5-10H2,(H,19,20). The molecule has 22 heavy (non-hydrogen) atoms. The molecule has 1 fully saturated rings. The Morgan fingerprint density at radius 3 is 2.59 bits per heavy atom. The van der Waals surface area contributed by atoms with Crippen LogP contribution in [-0.2, 0) is 15.9 Å². The summed E-state index contributed by atoms with van der Waals surface area (Å²) in [4.78, 5) is 11.9. The predicted molar refractivity (Wildman–Crippen MR) is 73.5 cm³/mol. The van der Waals surface area contributed by atoms with E-state index in [0.717, 1.165) is 6.42 Å². The molecule has 1 aromatic rings. The van der Waals surface area contributed by atoms with E-state index in [4.69, 9.17) is 9.47 Å². The fraction of sp³-hybridized carbons (Fsp3) is 0.533. The minimum atomic E-state index is -4.17. The number of benzene rings is 1. The largest absolute Gasteiger partial charge is 0.389 e. The summed E-state index contributed by atoms with van der Waals surface area (Å²) < 4.78 is 46.8. The monoisotopic (exact) mass is 317 g/mol. The maximum Gasteiger partial charge on any atom is 0.389 e. The van der Waals surface area contributed by atoms with Gasteiger partial charge < -0.3 is 14.8 Å². The Bertz CT molecular complexity index is 482. The average Bonchev–Trinajstić information content (AvgIpc) is 2.51. The number of rotatable bonds is 5. The van der Waals surface area contributed by atoms with Gasteiger partial charge in [0.1, 0.15) is 6.79 Å². The number of nitrogens with one attached hydrogen (secondary N) is 1. The molecular formula is C15H18F3NO3. The molecule has 2 rings (SSSR count). The van der Waals surface area contributed by atoms with Crippen LogP contribution in [0.15, 0.2) is 24.3 Å². The zero-order chi connectivity index (χ0) is 16.0. The fourth-order valence-electron chi connectivity index (χ4n) is 2.08. The van der Waals surface area contributed by atoms with Crippen molar-refractivity contribution in [2.24, 2.45) is 0 Å². The Morgan fingerprint density at radius 1 is 1.27 bits per heavy atom. The van der Waals surface area contributed by atoms with Crippen molar-refractivity contribution < 1.29 is 27.4 Å². The number of ether oxygens (including phenoxy) is 2. The third-order valence-corrected chi connectivity index (χ3v) is 3.37. The van der Waals surface area contributed by atoms with Crippen LogP contribution in [0, 0.1) is 0 Å². The van der Waals surface area contributed by atoms with Crippen LogP contribution >= 0.6 is 0 Å². The van der Waals surface area contributed by atoms with Crippen LogP contribution in [0.4, 0.5) is 13.2 Å².